The van der Waals surface area contributed by atoms with Gasteiger partial charge in [0.25, 0.3) is 0 Å². The third-order valence-corrected chi connectivity index (χ3v) is 6.64. The average molecular weight is 530 g/mol. The average Bonchev–Trinajstić information content (AvgIpc) is 3.35. The molecule has 1 aromatic rings. The smallest absolute Gasteiger partial charge is 0.245 e. The second-order valence-corrected chi connectivity index (χ2v) is 10.4. The highest BCUT2D eigenvalue weighted by Crippen LogP contribution is 2.21. The van der Waals surface area contributed by atoms with Crippen molar-refractivity contribution in [2.24, 2.45) is 5.92 Å². The predicted molar refractivity (Wildman–Crippen MR) is 140 cm³/mol. The van der Waals surface area contributed by atoms with Crippen LogP contribution in [0.3, 0.4) is 0 Å². The maximum absolute atomic E-state index is 13.5. The Morgan fingerprint density at radius 2 is 1.79 bits per heavy atom. The quantitative estimate of drug-likeness (QED) is 0.442. The van der Waals surface area contributed by atoms with Gasteiger partial charge in [0, 0.05) is 19.9 Å². The van der Waals surface area contributed by atoms with Gasteiger partial charge in [-0.3, -0.25) is 24.0 Å². The predicted octanol–water partition coefficient (Wildman–Crippen LogP) is 0.269. The van der Waals surface area contributed by atoms with Crippen molar-refractivity contribution in [2.45, 2.75) is 77.5 Å². The van der Waals surface area contributed by atoms with Gasteiger partial charge in [-0.25, -0.2) is 0 Å². The van der Waals surface area contributed by atoms with Gasteiger partial charge in [0.2, 0.25) is 29.5 Å². The zero-order chi connectivity index (χ0) is 27.8. The standard InChI is InChI=1S/C27H39N5O6/c1-16(2)14-22-27(37)32-12-5-6-23(32)26(36)28-11-13-38-20-9-7-19(8-10-20)15-21(30-18(4)33)25(35)29-17(3)24(34)31-22/h7-10,16-17,21-23H,5-6,11-15H2,1-4H3,(H,28,36)(H,29,35)(H,30,33)(H,31,34)/t17-,21+,22+,23-/m1/s1. The Morgan fingerprint density at radius 3 is 2.45 bits per heavy atom. The van der Waals surface area contributed by atoms with E-state index in [1.54, 1.807) is 24.3 Å². The summed E-state index contributed by atoms with van der Waals surface area (Å²) < 4.78 is 5.73. The number of nitrogens with zero attached hydrogens (tertiary/aromatic N) is 1. The summed E-state index contributed by atoms with van der Waals surface area (Å²) in [6, 6.07) is 3.78. The molecule has 11 nitrogen and oxygen atoms in total. The van der Waals surface area contributed by atoms with Crippen molar-refractivity contribution in [1.29, 1.82) is 0 Å². The number of carbonyl (C=O) groups excluding carboxylic acids is 5. The molecule has 0 radical (unpaired) electrons. The Balaban J connectivity index is 1.86. The van der Waals surface area contributed by atoms with E-state index in [1.165, 1.54) is 18.7 Å². The normalized spacial score (nSPS) is 25.7. The van der Waals surface area contributed by atoms with Crippen LogP contribution >= 0.6 is 0 Å². The van der Waals surface area contributed by atoms with Crippen LogP contribution in [0.15, 0.2) is 24.3 Å². The lowest BCUT2D eigenvalue weighted by atomic mass is 10.0. The number of amides is 5. The minimum Gasteiger partial charge on any atom is -0.492 e. The number of benzene rings is 1. The molecule has 1 saturated heterocycles. The van der Waals surface area contributed by atoms with Crippen LogP contribution in [0, 0.1) is 5.92 Å². The molecule has 3 aliphatic rings. The lowest BCUT2D eigenvalue weighted by molar-refractivity contribution is -0.142. The van der Waals surface area contributed by atoms with Crippen LogP contribution in [0.4, 0.5) is 0 Å². The first-order valence-corrected chi connectivity index (χ1v) is 13.2. The Hall–Kier alpha value is -3.63. The van der Waals surface area contributed by atoms with Crippen LogP contribution in [0.2, 0.25) is 0 Å². The van der Waals surface area contributed by atoms with Gasteiger partial charge in [0.05, 0.1) is 6.54 Å². The lowest BCUT2D eigenvalue weighted by Gasteiger charge is -2.30. The minimum atomic E-state index is -0.958. The highest BCUT2D eigenvalue weighted by Gasteiger charge is 2.38. The molecule has 4 N–H and O–H groups in total. The molecule has 0 aromatic heterocycles. The highest BCUT2D eigenvalue weighted by atomic mass is 16.5. The zero-order valence-electron chi connectivity index (χ0n) is 22.5. The largest absolute Gasteiger partial charge is 0.492 e. The fourth-order valence-corrected chi connectivity index (χ4v) is 4.75. The Bertz CT molecular complexity index is 1030. The summed E-state index contributed by atoms with van der Waals surface area (Å²) in [5, 5.41) is 10.9. The van der Waals surface area contributed by atoms with Crippen LogP contribution < -0.4 is 26.0 Å². The molecule has 0 saturated carbocycles. The topological polar surface area (TPSA) is 146 Å². The molecule has 1 fully saturated rings. The summed E-state index contributed by atoms with van der Waals surface area (Å²) in [7, 11) is 0. The van der Waals surface area contributed by atoms with Gasteiger partial charge in [0.1, 0.15) is 36.5 Å². The first-order chi connectivity index (χ1) is 18.0. The highest BCUT2D eigenvalue weighted by molar-refractivity contribution is 5.95. The fraction of sp³-hybridized carbons (Fsp3) is 0.593. The molecule has 0 unspecified atom stereocenters. The van der Waals surface area contributed by atoms with E-state index in [-0.39, 0.29) is 43.2 Å². The van der Waals surface area contributed by atoms with Crippen molar-refractivity contribution >= 4 is 29.5 Å². The van der Waals surface area contributed by atoms with E-state index in [0.717, 1.165) is 5.56 Å². The second-order valence-electron chi connectivity index (χ2n) is 10.4. The summed E-state index contributed by atoms with van der Waals surface area (Å²) in [6.07, 6.45) is 1.82. The third kappa shape index (κ3) is 7.93. The van der Waals surface area contributed by atoms with Gasteiger partial charge in [0.15, 0.2) is 0 Å². The lowest BCUT2D eigenvalue weighted by Crippen LogP contribution is -2.58. The van der Waals surface area contributed by atoms with Crippen molar-refractivity contribution in [3.8, 4) is 5.75 Å². The monoisotopic (exact) mass is 529 g/mol. The van der Waals surface area contributed by atoms with Crippen LogP contribution in [-0.2, 0) is 30.4 Å². The number of hydrogen-bond donors (Lipinski definition) is 4. The first kappa shape index (κ1) is 28.9. The summed E-state index contributed by atoms with van der Waals surface area (Å²) >= 11 is 0. The molecule has 3 heterocycles. The van der Waals surface area contributed by atoms with Crippen LogP contribution in [0.25, 0.3) is 0 Å². The third-order valence-electron chi connectivity index (χ3n) is 6.64. The number of ether oxygens (including phenoxy) is 1. The molecule has 11 heteroatoms. The molecule has 0 spiro atoms. The summed E-state index contributed by atoms with van der Waals surface area (Å²) in [6.45, 7) is 7.68. The molecule has 0 aliphatic carbocycles. The van der Waals surface area contributed by atoms with Gasteiger partial charge in [-0.2, -0.15) is 0 Å². The van der Waals surface area contributed by atoms with E-state index >= 15 is 0 Å². The minimum absolute atomic E-state index is 0.0990. The number of hydrogen-bond acceptors (Lipinski definition) is 6. The Kier molecular flexibility index (Phi) is 10.1. The van der Waals surface area contributed by atoms with Crippen LogP contribution in [-0.4, -0.2) is 78.3 Å². The fourth-order valence-electron chi connectivity index (χ4n) is 4.75. The van der Waals surface area contributed by atoms with Crippen LogP contribution in [0.5, 0.6) is 5.75 Å². The maximum atomic E-state index is 13.5. The van der Waals surface area contributed by atoms with Crippen molar-refractivity contribution in [2.75, 3.05) is 19.7 Å². The molecular formula is C27H39N5O6. The molecule has 38 heavy (non-hydrogen) atoms. The van der Waals surface area contributed by atoms with Crippen molar-refractivity contribution in [3.05, 3.63) is 29.8 Å². The maximum Gasteiger partial charge on any atom is 0.245 e. The summed E-state index contributed by atoms with van der Waals surface area (Å²) in [5.74, 6) is -1.27. The van der Waals surface area contributed by atoms with Gasteiger partial charge in [-0.05, 0) is 49.8 Å². The van der Waals surface area contributed by atoms with E-state index in [0.29, 0.717) is 31.6 Å². The summed E-state index contributed by atoms with van der Waals surface area (Å²) in [5.41, 5.74) is 0.787. The first-order valence-electron chi connectivity index (χ1n) is 13.2. The molecule has 3 aliphatic heterocycles. The molecule has 4 atom stereocenters. The SMILES string of the molecule is CC(=O)N[C@H]1Cc2ccc(cc2)OCCNC(=O)[C@H]2CCCN2C(=O)[C@H](CC(C)C)NC(=O)[C@@H](C)NC1=O. The second kappa shape index (κ2) is 13.3. The van der Waals surface area contributed by atoms with E-state index in [1.807, 2.05) is 13.8 Å². The molecular weight excluding hydrogens is 490 g/mol. The molecule has 2 bridgehead atoms. The van der Waals surface area contributed by atoms with Crippen molar-refractivity contribution in [3.63, 3.8) is 0 Å². The van der Waals surface area contributed by atoms with Gasteiger partial charge in [-0.1, -0.05) is 26.0 Å². The number of nitrogens with one attached hydrogen (secondary N) is 4. The van der Waals surface area contributed by atoms with Crippen molar-refractivity contribution < 1.29 is 28.7 Å². The molecule has 5 amide bonds. The number of fused-ring (bicyclic) bond motifs is 14. The van der Waals surface area contributed by atoms with Crippen molar-refractivity contribution in [1.82, 2.24) is 26.2 Å². The van der Waals surface area contributed by atoms with Gasteiger partial charge in [-0.15, -0.1) is 0 Å². The Morgan fingerprint density at radius 1 is 1.08 bits per heavy atom. The Labute approximate surface area is 223 Å². The van der Waals surface area contributed by atoms with E-state index in [9.17, 15) is 24.0 Å². The van der Waals surface area contributed by atoms with E-state index < -0.39 is 36.0 Å². The number of carbonyl (C=O) groups is 5. The van der Waals surface area contributed by atoms with E-state index in [4.69, 9.17) is 4.74 Å². The molecule has 208 valence electrons. The molecule has 1 aromatic carbocycles. The van der Waals surface area contributed by atoms with Gasteiger partial charge >= 0.3 is 0 Å². The van der Waals surface area contributed by atoms with Crippen LogP contribution in [0.1, 0.15) is 52.5 Å². The summed E-state index contributed by atoms with van der Waals surface area (Å²) in [4.78, 5) is 65.9. The number of rotatable bonds is 3. The van der Waals surface area contributed by atoms with Gasteiger partial charge < -0.3 is 30.9 Å². The molecule has 4 rings (SSSR count). The zero-order valence-corrected chi connectivity index (χ0v) is 22.5. The van der Waals surface area contributed by atoms with E-state index in [2.05, 4.69) is 21.3 Å².